The van der Waals surface area contributed by atoms with E-state index in [1.165, 1.54) is 27.3 Å². The monoisotopic (exact) mass is 1000 g/mol. The number of methoxy groups -OCH3 is 1. The number of esters is 1. The number of rotatable bonds is 10. The SMILES string of the molecule is C=CC(=O)N1CCN(C(=O)N(C)C(C(=O)N[C@@]2(SC)Cc3nc(cs3)-c3ccc4c(c3)c(c(-c3cccnc3[C@H](C)OC)n4CC)CC(C)(C)COC(=O)[C@@]3(S)CCCN(N3)C2=O)C(C)C)[C@H](C)C1. The number of amides is 5. The van der Waals surface area contributed by atoms with Gasteiger partial charge in [-0.15, -0.1) is 35.7 Å². The maximum atomic E-state index is 15.3. The molecule has 6 bridgehead atoms. The highest BCUT2D eigenvalue weighted by Gasteiger charge is 2.50. The number of aryl methyl sites for hydroxylation is 1. The molecule has 0 aliphatic carbocycles. The number of ether oxygens (including phenoxy) is 2. The van der Waals surface area contributed by atoms with Crippen molar-refractivity contribution in [3.63, 3.8) is 0 Å². The van der Waals surface area contributed by atoms with Gasteiger partial charge in [-0.05, 0) is 88.1 Å². The molecule has 0 saturated carbocycles. The van der Waals surface area contributed by atoms with Crippen LogP contribution < -0.4 is 10.7 Å². The molecule has 2 fully saturated rings. The van der Waals surface area contributed by atoms with E-state index in [0.717, 1.165) is 50.7 Å². The number of hydrogen-bond acceptors (Lipinski definition) is 13. The van der Waals surface area contributed by atoms with Gasteiger partial charge in [0.25, 0.3) is 5.91 Å². The van der Waals surface area contributed by atoms with Crippen LogP contribution in [-0.2, 0) is 48.0 Å². The predicted octanol–water partition coefficient (Wildman–Crippen LogP) is 6.95. The minimum atomic E-state index is -1.66. The van der Waals surface area contributed by atoms with Gasteiger partial charge in [0.15, 0.2) is 9.74 Å². The van der Waals surface area contributed by atoms with Gasteiger partial charge >= 0.3 is 12.0 Å². The van der Waals surface area contributed by atoms with Gasteiger partial charge in [-0.3, -0.25) is 24.4 Å². The third-order valence-electron chi connectivity index (χ3n) is 13.6. The molecule has 1 aromatic carbocycles. The molecule has 69 heavy (non-hydrogen) atoms. The maximum Gasteiger partial charge on any atom is 0.338 e. The molecule has 372 valence electrons. The largest absolute Gasteiger partial charge is 0.463 e. The minimum absolute atomic E-state index is 0.0100. The standard InChI is InChI=1S/C50H67N9O7S3/c1-12-40(60)56-22-23-58(31(5)27-56)47(64)55(9)42(30(3)4)44(61)53-50(68-11)26-39-52-37(28-69-39)33-17-18-38-35(24-33)36(43(57(38)13-2)34-16-14-20-51-41(34)32(6)65-10)25-48(7,8)29-66-46(63)49(67)19-15-21-59(54-49)45(50)62/h12,14,16-18,20,24,28,30-32,42,54,67H,1,13,15,19,21-23,25-27,29H2,2-11H3,(H,53,61)/t31-,32+,42?,49+,50-/m1/s1. The Bertz CT molecular complexity index is 2620. The molecule has 3 aliphatic heterocycles. The highest BCUT2D eigenvalue weighted by atomic mass is 32.2. The summed E-state index contributed by atoms with van der Waals surface area (Å²) in [6.45, 7) is 19.3. The van der Waals surface area contributed by atoms with E-state index in [0.29, 0.717) is 43.2 Å². The number of nitrogens with zero attached hydrogens (tertiary/aromatic N) is 7. The summed E-state index contributed by atoms with van der Waals surface area (Å²) in [6, 6.07) is 8.68. The summed E-state index contributed by atoms with van der Waals surface area (Å²) < 4.78 is 14.3. The average Bonchev–Trinajstić information content (AvgIpc) is 3.92. The fourth-order valence-electron chi connectivity index (χ4n) is 9.92. The number of nitrogens with one attached hydrogen (secondary N) is 2. The van der Waals surface area contributed by atoms with Crippen LogP contribution in [0.1, 0.15) is 83.7 Å². The molecular formula is C50H67N9O7S3. The minimum Gasteiger partial charge on any atom is -0.463 e. The summed E-state index contributed by atoms with van der Waals surface area (Å²) in [5.41, 5.74) is 9.03. The summed E-state index contributed by atoms with van der Waals surface area (Å²) in [5, 5.41) is 8.10. The van der Waals surface area contributed by atoms with Gasteiger partial charge < -0.3 is 34.1 Å². The van der Waals surface area contributed by atoms with Crippen LogP contribution in [-0.4, -0.2) is 139 Å². The molecule has 6 heterocycles. The highest BCUT2D eigenvalue weighted by Crippen LogP contribution is 2.43. The molecule has 16 nitrogen and oxygen atoms in total. The van der Waals surface area contributed by atoms with E-state index in [9.17, 15) is 19.2 Å². The van der Waals surface area contributed by atoms with Crippen molar-refractivity contribution in [1.29, 1.82) is 0 Å². The first kappa shape index (κ1) is 51.9. The normalized spacial score (nSPS) is 23.0. The molecule has 0 radical (unpaired) electrons. The van der Waals surface area contributed by atoms with E-state index >= 15 is 4.79 Å². The van der Waals surface area contributed by atoms with Gasteiger partial charge in [0.05, 0.1) is 34.8 Å². The highest BCUT2D eigenvalue weighted by molar-refractivity contribution is 8.00. The summed E-state index contributed by atoms with van der Waals surface area (Å²) in [7, 11) is 3.27. The zero-order valence-corrected chi connectivity index (χ0v) is 44.0. The van der Waals surface area contributed by atoms with Crippen LogP contribution in [0.2, 0.25) is 0 Å². The second-order valence-electron chi connectivity index (χ2n) is 19.5. The number of carbonyl (C=O) groups excluding carboxylic acids is 5. The third kappa shape index (κ3) is 10.3. The van der Waals surface area contributed by atoms with Crippen LogP contribution in [0.4, 0.5) is 4.79 Å². The first-order valence-electron chi connectivity index (χ1n) is 23.6. The van der Waals surface area contributed by atoms with Crippen molar-refractivity contribution in [2.45, 2.75) is 109 Å². The Hall–Kier alpha value is -4.95. The molecule has 2 saturated heterocycles. The van der Waals surface area contributed by atoms with Crippen LogP contribution in [0.3, 0.4) is 0 Å². The van der Waals surface area contributed by atoms with Gasteiger partial charge in [-0.25, -0.2) is 20.0 Å². The first-order chi connectivity index (χ1) is 32.7. The van der Waals surface area contributed by atoms with E-state index in [1.54, 1.807) is 36.4 Å². The summed E-state index contributed by atoms with van der Waals surface area (Å²) in [6.07, 6.45) is 5.76. The van der Waals surface area contributed by atoms with E-state index in [-0.39, 0.29) is 62.5 Å². The molecular weight excluding hydrogens is 935 g/mol. The average molecular weight is 1000 g/mol. The third-order valence-corrected chi connectivity index (χ3v) is 16.1. The number of carbonyl (C=O) groups is 5. The number of benzene rings is 1. The second kappa shape index (κ2) is 20.8. The Kier molecular flexibility index (Phi) is 15.6. The fraction of sp³-hybridized carbons (Fsp3) is 0.540. The van der Waals surface area contributed by atoms with Crippen molar-refractivity contribution in [3.8, 4) is 22.5 Å². The van der Waals surface area contributed by atoms with E-state index in [2.05, 4.69) is 66.9 Å². The van der Waals surface area contributed by atoms with Crippen molar-refractivity contribution in [3.05, 3.63) is 70.8 Å². The van der Waals surface area contributed by atoms with Crippen LogP contribution in [0.5, 0.6) is 0 Å². The molecule has 3 aliphatic rings. The summed E-state index contributed by atoms with van der Waals surface area (Å²) in [5.74, 6) is -2.22. The predicted molar refractivity (Wildman–Crippen MR) is 274 cm³/mol. The smallest absolute Gasteiger partial charge is 0.338 e. The van der Waals surface area contributed by atoms with Crippen LogP contribution in [0, 0.1) is 11.3 Å². The number of likely N-dealkylation sites (N-methyl/N-ethyl adjacent to an activating group) is 1. The topological polar surface area (TPSA) is 172 Å². The Morgan fingerprint density at radius 1 is 1.16 bits per heavy atom. The lowest BCUT2D eigenvalue weighted by molar-refractivity contribution is -0.158. The number of aromatic nitrogens is 3. The van der Waals surface area contributed by atoms with Crippen LogP contribution in [0.15, 0.2) is 54.6 Å². The van der Waals surface area contributed by atoms with E-state index < -0.39 is 39.0 Å². The van der Waals surface area contributed by atoms with Gasteiger partial charge in [0.1, 0.15) is 6.04 Å². The van der Waals surface area contributed by atoms with Crippen molar-refractivity contribution < 1.29 is 33.4 Å². The van der Waals surface area contributed by atoms with Crippen molar-refractivity contribution in [2.24, 2.45) is 11.3 Å². The van der Waals surface area contributed by atoms with Crippen LogP contribution in [0.25, 0.3) is 33.4 Å². The summed E-state index contributed by atoms with van der Waals surface area (Å²) >= 11 is 7.44. The van der Waals surface area contributed by atoms with Gasteiger partial charge in [0, 0.05) is 98.4 Å². The Morgan fingerprint density at radius 2 is 1.91 bits per heavy atom. The number of thiazole rings is 1. The number of cyclic esters (lactones) is 1. The number of hydrazine groups is 1. The lowest BCUT2D eigenvalue weighted by atomic mass is 9.84. The molecule has 3 aromatic heterocycles. The number of thiol groups is 1. The second-order valence-corrected chi connectivity index (χ2v) is 22.3. The number of piperazine rings is 1. The number of thioether (sulfide) groups is 1. The number of fused-ring (bicyclic) bond motifs is 6. The van der Waals surface area contributed by atoms with Crippen molar-refractivity contribution in [1.82, 2.24) is 45.0 Å². The van der Waals surface area contributed by atoms with Gasteiger partial charge in [-0.2, -0.15) is 0 Å². The quantitative estimate of drug-likeness (QED) is 0.0651. The number of hydrogen-bond donors (Lipinski definition) is 3. The van der Waals surface area contributed by atoms with Crippen molar-refractivity contribution >= 4 is 76.4 Å². The Labute approximate surface area is 419 Å². The fourth-order valence-corrected chi connectivity index (χ4v) is 12.0. The zero-order chi connectivity index (χ0) is 50.2. The molecule has 5 amide bonds. The maximum absolute atomic E-state index is 15.3. The molecule has 1 unspecified atom stereocenters. The van der Waals surface area contributed by atoms with Gasteiger partial charge in [0.2, 0.25) is 11.8 Å². The lowest BCUT2D eigenvalue weighted by Crippen LogP contribution is -2.69. The van der Waals surface area contributed by atoms with Gasteiger partial charge in [-0.1, -0.05) is 40.3 Å². The molecule has 0 spiro atoms. The Morgan fingerprint density at radius 3 is 2.58 bits per heavy atom. The lowest BCUT2D eigenvalue weighted by Gasteiger charge is -2.45. The molecule has 5 atom stereocenters. The molecule has 19 heteroatoms. The summed E-state index contributed by atoms with van der Waals surface area (Å²) in [4.78, 5) is 82.6. The number of urea groups is 1. The van der Waals surface area contributed by atoms with Crippen molar-refractivity contribution in [2.75, 3.05) is 53.2 Å². The Balaban J connectivity index is 1.31. The number of pyridine rings is 1. The molecule has 2 N–H and O–H groups in total. The molecule has 4 aromatic rings. The van der Waals surface area contributed by atoms with Crippen LogP contribution >= 0.6 is 35.7 Å². The zero-order valence-electron chi connectivity index (χ0n) is 41.5. The first-order valence-corrected chi connectivity index (χ1v) is 26.2. The van der Waals surface area contributed by atoms with E-state index in [4.69, 9.17) is 32.1 Å². The molecule has 7 rings (SSSR count). The van der Waals surface area contributed by atoms with E-state index in [1.807, 2.05) is 39.1 Å².